The van der Waals surface area contributed by atoms with E-state index in [1.807, 2.05) is 12.1 Å². The number of hydrogen-bond acceptors (Lipinski definition) is 4. The molecule has 90 valence electrons. The summed E-state index contributed by atoms with van der Waals surface area (Å²) in [6.45, 7) is 0. The zero-order valence-corrected chi connectivity index (χ0v) is 11.3. The van der Waals surface area contributed by atoms with Gasteiger partial charge in [-0.1, -0.05) is 0 Å². The van der Waals surface area contributed by atoms with E-state index in [1.165, 1.54) is 12.8 Å². The van der Waals surface area contributed by atoms with Gasteiger partial charge in [0.2, 0.25) is 0 Å². The number of benzene rings is 1. The van der Waals surface area contributed by atoms with Gasteiger partial charge < -0.3 is 0 Å². The average molecular weight is 295 g/mol. The summed E-state index contributed by atoms with van der Waals surface area (Å²) >= 11 is 0.0447. The van der Waals surface area contributed by atoms with E-state index in [0.717, 1.165) is 29.9 Å². The topological polar surface area (TPSA) is 62.8 Å². The zero-order chi connectivity index (χ0) is 11.7. The minimum absolute atomic E-state index is 0.0447. The van der Waals surface area contributed by atoms with Crippen molar-refractivity contribution in [2.24, 2.45) is 13.7 Å². The summed E-state index contributed by atoms with van der Waals surface area (Å²) in [4.78, 5) is 0. The van der Waals surface area contributed by atoms with Gasteiger partial charge in [0.05, 0.1) is 0 Å². The molecule has 0 aromatic heterocycles. The van der Waals surface area contributed by atoms with Gasteiger partial charge in [0.15, 0.2) is 0 Å². The summed E-state index contributed by atoms with van der Waals surface area (Å²) in [7, 11) is 0. The van der Waals surface area contributed by atoms with Crippen LogP contribution in [0, 0.1) is 0 Å². The van der Waals surface area contributed by atoms with E-state index in [2.05, 4.69) is 19.3 Å². The van der Waals surface area contributed by atoms with Gasteiger partial charge in [-0.3, -0.25) is 0 Å². The first-order chi connectivity index (χ1) is 8.33. The van der Waals surface area contributed by atoms with E-state index in [0.29, 0.717) is 12.1 Å². The molecule has 2 unspecified atom stereocenters. The summed E-state index contributed by atoms with van der Waals surface area (Å²) in [6.07, 6.45) is 4.65. The third kappa shape index (κ3) is 2.36. The SMILES string of the molecule is NC1CCCC(Nc2cccc3c2N=[Se]=N3)C1. The molecule has 0 radical (unpaired) electrons. The molecule has 0 saturated heterocycles. The van der Waals surface area contributed by atoms with Gasteiger partial charge in [-0.25, -0.2) is 0 Å². The Morgan fingerprint density at radius 1 is 1.29 bits per heavy atom. The Hall–Kier alpha value is -0.901. The maximum absolute atomic E-state index is 6.01. The number of nitrogens with one attached hydrogen (secondary N) is 1. The second kappa shape index (κ2) is 4.76. The number of fused-ring (bicyclic) bond motifs is 1. The van der Waals surface area contributed by atoms with E-state index < -0.39 is 0 Å². The van der Waals surface area contributed by atoms with E-state index in [4.69, 9.17) is 5.73 Å². The third-order valence-corrected chi connectivity index (χ3v) is 4.50. The van der Waals surface area contributed by atoms with E-state index in [9.17, 15) is 0 Å². The van der Waals surface area contributed by atoms with Crippen molar-refractivity contribution in [1.29, 1.82) is 0 Å². The van der Waals surface area contributed by atoms with Gasteiger partial charge in [0.25, 0.3) is 0 Å². The first kappa shape index (κ1) is 11.2. The number of anilines is 1. The average Bonchev–Trinajstić information content (AvgIpc) is 2.78. The summed E-state index contributed by atoms with van der Waals surface area (Å²) < 4.78 is 8.88. The Morgan fingerprint density at radius 3 is 3.12 bits per heavy atom. The van der Waals surface area contributed by atoms with Crippen LogP contribution >= 0.6 is 0 Å². The van der Waals surface area contributed by atoms with Gasteiger partial charge in [-0.05, 0) is 0 Å². The number of hydrogen-bond donors (Lipinski definition) is 2. The predicted molar refractivity (Wildman–Crippen MR) is 70.2 cm³/mol. The van der Waals surface area contributed by atoms with Crippen molar-refractivity contribution in [1.82, 2.24) is 0 Å². The molecule has 1 fully saturated rings. The molecule has 17 heavy (non-hydrogen) atoms. The van der Waals surface area contributed by atoms with Crippen molar-refractivity contribution in [3.8, 4) is 0 Å². The molecule has 1 heterocycles. The van der Waals surface area contributed by atoms with E-state index in [1.54, 1.807) is 0 Å². The van der Waals surface area contributed by atoms with Crippen molar-refractivity contribution in [3.05, 3.63) is 18.2 Å². The number of nitrogens with zero attached hydrogens (tertiary/aromatic N) is 2. The monoisotopic (exact) mass is 296 g/mol. The van der Waals surface area contributed by atoms with Crippen LogP contribution in [0.5, 0.6) is 0 Å². The van der Waals surface area contributed by atoms with Gasteiger partial charge in [-0.15, -0.1) is 0 Å². The maximum atomic E-state index is 6.01. The van der Waals surface area contributed by atoms with Gasteiger partial charge in [0.1, 0.15) is 0 Å². The van der Waals surface area contributed by atoms with Crippen LogP contribution in [0.15, 0.2) is 26.1 Å². The molecule has 1 saturated carbocycles. The Labute approximate surface area is 107 Å². The van der Waals surface area contributed by atoms with E-state index >= 15 is 0 Å². The molecule has 0 amide bonds. The van der Waals surface area contributed by atoms with Gasteiger partial charge in [0, 0.05) is 0 Å². The van der Waals surface area contributed by atoms with Crippen molar-refractivity contribution >= 4 is 31.6 Å². The van der Waals surface area contributed by atoms with Crippen molar-refractivity contribution < 1.29 is 0 Å². The minimum atomic E-state index is 0.0447. The number of nitrogens with two attached hydrogens (primary N) is 1. The van der Waals surface area contributed by atoms with Crippen LogP contribution in [0.2, 0.25) is 0 Å². The van der Waals surface area contributed by atoms with Gasteiger partial charge in [-0.2, -0.15) is 0 Å². The van der Waals surface area contributed by atoms with Gasteiger partial charge >= 0.3 is 107 Å². The van der Waals surface area contributed by atoms with Crippen LogP contribution in [0.1, 0.15) is 25.7 Å². The van der Waals surface area contributed by atoms with Crippen molar-refractivity contribution in [3.63, 3.8) is 0 Å². The molecular weight excluding hydrogens is 279 g/mol. The summed E-state index contributed by atoms with van der Waals surface area (Å²) in [5.74, 6) is 0. The second-order valence-electron chi connectivity index (χ2n) is 4.71. The molecule has 5 heteroatoms. The standard InChI is InChI=1S/C12H16N4Se/c13-8-3-1-4-9(7-8)14-10-5-2-6-11-12(10)16-17-15-11/h2,5-6,8-9,14H,1,3-4,7,13H2. The molecule has 0 bridgehead atoms. The van der Waals surface area contributed by atoms with Crippen LogP contribution in [-0.4, -0.2) is 26.7 Å². The molecule has 2 atom stereocenters. The van der Waals surface area contributed by atoms with Crippen LogP contribution in [-0.2, 0) is 0 Å². The van der Waals surface area contributed by atoms with Crippen LogP contribution in [0.25, 0.3) is 0 Å². The fraction of sp³-hybridized carbons (Fsp3) is 0.500. The first-order valence-corrected chi connectivity index (χ1v) is 7.59. The Morgan fingerprint density at radius 2 is 2.24 bits per heavy atom. The fourth-order valence-electron chi connectivity index (χ4n) is 2.50. The molecule has 4 nitrogen and oxygen atoms in total. The number of rotatable bonds is 2. The zero-order valence-electron chi connectivity index (χ0n) is 9.60. The van der Waals surface area contributed by atoms with Crippen molar-refractivity contribution in [2.45, 2.75) is 37.8 Å². The molecule has 3 rings (SSSR count). The Bertz CT molecular complexity index is 493. The molecule has 1 aliphatic heterocycles. The Kier molecular flexibility index (Phi) is 3.14. The molecule has 2 aliphatic rings. The quantitative estimate of drug-likeness (QED) is 0.837. The summed E-state index contributed by atoms with van der Waals surface area (Å²) in [5.41, 5.74) is 9.23. The molecule has 0 spiro atoms. The third-order valence-electron chi connectivity index (χ3n) is 3.36. The van der Waals surface area contributed by atoms with Crippen molar-refractivity contribution in [2.75, 3.05) is 5.32 Å². The summed E-state index contributed by atoms with van der Waals surface area (Å²) in [5, 5.41) is 3.59. The molecule has 1 aromatic rings. The van der Waals surface area contributed by atoms with E-state index in [-0.39, 0.29) is 14.6 Å². The molecule has 1 aromatic carbocycles. The fourth-order valence-corrected chi connectivity index (χ4v) is 3.65. The molecule has 3 N–H and O–H groups in total. The predicted octanol–water partition coefficient (Wildman–Crippen LogP) is 2.72. The normalized spacial score (nSPS) is 26.4. The van der Waals surface area contributed by atoms with Crippen LogP contribution in [0.4, 0.5) is 17.1 Å². The first-order valence-electron chi connectivity index (χ1n) is 6.06. The van der Waals surface area contributed by atoms with Crippen LogP contribution in [0.3, 0.4) is 0 Å². The molecule has 1 aliphatic carbocycles. The Balaban J connectivity index is 1.77. The summed E-state index contributed by atoms with van der Waals surface area (Å²) in [6, 6.07) is 7.02. The second-order valence-corrected chi connectivity index (χ2v) is 5.81. The van der Waals surface area contributed by atoms with Crippen LogP contribution < -0.4 is 11.1 Å². The molecular formula is C12H16N4Se.